The number of hydrogen-bond acceptors (Lipinski definition) is 8. The molecule has 37 heavy (non-hydrogen) atoms. The number of pyridine rings is 2. The molecule has 4 N–H and O–H groups in total. The summed E-state index contributed by atoms with van der Waals surface area (Å²) in [5, 5.41) is 19.8. The molecule has 0 bridgehead atoms. The first kappa shape index (κ1) is 26.5. The molecule has 1 aliphatic heterocycles. The molecule has 8 nitrogen and oxygen atoms in total. The van der Waals surface area contributed by atoms with Gasteiger partial charge in [-0.05, 0) is 49.9 Å². The van der Waals surface area contributed by atoms with Gasteiger partial charge in [-0.1, -0.05) is 38.4 Å². The van der Waals surface area contributed by atoms with E-state index in [1.54, 1.807) is 18.3 Å². The van der Waals surface area contributed by atoms with Crippen molar-refractivity contribution < 1.29 is 4.39 Å². The van der Waals surface area contributed by atoms with Crippen LogP contribution in [0.3, 0.4) is 0 Å². The van der Waals surface area contributed by atoms with Crippen LogP contribution in [0.4, 0.5) is 15.8 Å². The zero-order chi connectivity index (χ0) is 27.0. The highest BCUT2D eigenvalue weighted by atomic mass is 35.5. The van der Waals surface area contributed by atoms with Crippen molar-refractivity contribution in [3.8, 4) is 6.07 Å². The number of rotatable bonds is 6. The van der Waals surface area contributed by atoms with Crippen molar-refractivity contribution in [2.75, 3.05) is 17.2 Å². The third-order valence-electron chi connectivity index (χ3n) is 5.86. The molecular formula is C27H32ClFN8. The molecule has 1 aromatic carbocycles. The average Bonchev–Trinajstić information content (AvgIpc) is 3.32. The third-order valence-corrected chi connectivity index (χ3v) is 6.15. The molecule has 4 rings (SSSR count). The van der Waals surface area contributed by atoms with Crippen LogP contribution in [-0.4, -0.2) is 27.1 Å². The highest BCUT2D eigenvalue weighted by molar-refractivity contribution is 6.35. The minimum Gasteiger partial charge on any atom is -0.383 e. The van der Waals surface area contributed by atoms with E-state index < -0.39 is 12.0 Å². The third kappa shape index (κ3) is 6.04. The molecular weight excluding hydrogens is 491 g/mol. The SMILES string of the molecule is CC(C)(C)CNc1c(C#N)cnc2c(Cl)cc(N[C@H](C3=CN(C(C)(C)C)NN3)c3ccc(F)nc3)cc12. The summed E-state index contributed by atoms with van der Waals surface area (Å²) in [7, 11) is 0. The van der Waals surface area contributed by atoms with Gasteiger partial charge in [0, 0.05) is 41.8 Å². The van der Waals surface area contributed by atoms with Crippen LogP contribution < -0.4 is 21.6 Å². The number of benzene rings is 1. The number of hydrazine groups is 2. The summed E-state index contributed by atoms with van der Waals surface area (Å²) in [5.41, 5.74) is 10.2. The Bertz CT molecular complexity index is 1370. The topological polar surface area (TPSA) is 101 Å². The Balaban J connectivity index is 1.79. The number of nitriles is 1. The number of anilines is 2. The molecule has 0 radical (unpaired) electrons. The van der Waals surface area contributed by atoms with E-state index in [1.165, 1.54) is 12.3 Å². The van der Waals surface area contributed by atoms with Crippen LogP contribution in [0.25, 0.3) is 10.9 Å². The van der Waals surface area contributed by atoms with Crippen molar-refractivity contribution in [3.63, 3.8) is 0 Å². The molecule has 0 fully saturated rings. The number of halogens is 2. The van der Waals surface area contributed by atoms with Gasteiger partial charge < -0.3 is 16.1 Å². The first-order valence-corrected chi connectivity index (χ1v) is 12.4. The van der Waals surface area contributed by atoms with Gasteiger partial charge in [0.25, 0.3) is 0 Å². The fourth-order valence-corrected chi connectivity index (χ4v) is 4.14. The second kappa shape index (κ2) is 10.0. The van der Waals surface area contributed by atoms with Gasteiger partial charge in [-0.3, -0.25) is 9.99 Å². The van der Waals surface area contributed by atoms with Gasteiger partial charge in [-0.25, -0.2) is 4.98 Å². The van der Waals surface area contributed by atoms with Gasteiger partial charge >= 0.3 is 0 Å². The smallest absolute Gasteiger partial charge is 0.212 e. The zero-order valence-corrected chi connectivity index (χ0v) is 22.6. The molecule has 3 heterocycles. The summed E-state index contributed by atoms with van der Waals surface area (Å²) in [4.78, 5) is 8.30. The van der Waals surface area contributed by atoms with E-state index in [2.05, 4.69) is 79.2 Å². The molecule has 1 aliphatic rings. The molecule has 0 unspecified atom stereocenters. The number of nitrogens with one attached hydrogen (secondary N) is 4. The lowest BCUT2D eigenvalue weighted by Gasteiger charge is -2.30. The average molecular weight is 523 g/mol. The summed E-state index contributed by atoms with van der Waals surface area (Å²) in [6.07, 6.45) is 5.01. The van der Waals surface area contributed by atoms with Crippen molar-refractivity contribution in [2.24, 2.45) is 5.41 Å². The summed E-state index contributed by atoms with van der Waals surface area (Å²) in [5.74, 6) is -0.552. The predicted octanol–water partition coefficient (Wildman–Crippen LogP) is 5.87. The highest BCUT2D eigenvalue weighted by Gasteiger charge is 2.28. The molecule has 3 aromatic rings. The summed E-state index contributed by atoms with van der Waals surface area (Å²) in [6.45, 7) is 13.3. The summed E-state index contributed by atoms with van der Waals surface area (Å²) < 4.78 is 13.6. The van der Waals surface area contributed by atoms with Crippen molar-refractivity contribution in [2.45, 2.75) is 53.1 Å². The van der Waals surface area contributed by atoms with E-state index in [9.17, 15) is 9.65 Å². The monoisotopic (exact) mass is 522 g/mol. The second-order valence-corrected chi connectivity index (χ2v) is 11.7. The van der Waals surface area contributed by atoms with Gasteiger partial charge in [0.15, 0.2) is 0 Å². The lowest BCUT2D eigenvalue weighted by molar-refractivity contribution is 0.138. The Hall–Kier alpha value is -3.61. The zero-order valence-electron chi connectivity index (χ0n) is 21.9. The second-order valence-electron chi connectivity index (χ2n) is 11.3. The largest absolute Gasteiger partial charge is 0.383 e. The van der Waals surface area contributed by atoms with Crippen LogP contribution in [0.1, 0.15) is 58.7 Å². The minimum atomic E-state index is -0.552. The highest BCUT2D eigenvalue weighted by Crippen LogP contribution is 2.36. The molecule has 1 atom stereocenters. The number of hydrogen-bond donors (Lipinski definition) is 4. The van der Waals surface area contributed by atoms with Gasteiger partial charge in [-0.2, -0.15) is 9.65 Å². The van der Waals surface area contributed by atoms with Crippen LogP contribution in [-0.2, 0) is 0 Å². The van der Waals surface area contributed by atoms with E-state index in [1.807, 2.05) is 17.3 Å². The van der Waals surface area contributed by atoms with E-state index in [4.69, 9.17) is 11.6 Å². The van der Waals surface area contributed by atoms with Gasteiger partial charge in [0.05, 0.1) is 33.5 Å². The van der Waals surface area contributed by atoms with Crippen LogP contribution >= 0.6 is 11.6 Å². The van der Waals surface area contributed by atoms with E-state index in [0.29, 0.717) is 34.0 Å². The Morgan fingerprint density at radius 2 is 1.89 bits per heavy atom. The fraction of sp³-hybridized carbons (Fsp3) is 0.370. The van der Waals surface area contributed by atoms with Crippen molar-refractivity contribution >= 4 is 33.9 Å². The molecule has 0 saturated heterocycles. The lowest BCUT2D eigenvalue weighted by atomic mass is 9.96. The van der Waals surface area contributed by atoms with Crippen molar-refractivity contribution in [1.29, 1.82) is 5.26 Å². The summed E-state index contributed by atoms with van der Waals surface area (Å²) in [6, 6.07) is 8.58. The molecule has 0 aliphatic carbocycles. The van der Waals surface area contributed by atoms with Gasteiger partial charge in [0.1, 0.15) is 6.07 Å². The lowest BCUT2D eigenvalue weighted by Crippen LogP contribution is -2.47. The Morgan fingerprint density at radius 3 is 2.49 bits per heavy atom. The maximum absolute atomic E-state index is 13.6. The van der Waals surface area contributed by atoms with E-state index in [0.717, 1.165) is 16.6 Å². The van der Waals surface area contributed by atoms with Crippen LogP contribution in [0.5, 0.6) is 0 Å². The van der Waals surface area contributed by atoms with Crippen LogP contribution in [0.2, 0.25) is 5.02 Å². The van der Waals surface area contributed by atoms with Crippen LogP contribution in [0, 0.1) is 22.7 Å². The fourth-order valence-electron chi connectivity index (χ4n) is 3.87. The van der Waals surface area contributed by atoms with E-state index >= 15 is 0 Å². The van der Waals surface area contributed by atoms with Gasteiger partial charge in [-0.15, -0.1) is 5.53 Å². The van der Waals surface area contributed by atoms with Gasteiger partial charge in [0.2, 0.25) is 5.95 Å². The molecule has 2 aromatic heterocycles. The normalized spacial score (nSPS) is 14.7. The minimum absolute atomic E-state index is 0.00476. The molecule has 194 valence electrons. The molecule has 0 spiro atoms. The molecule has 0 amide bonds. The van der Waals surface area contributed by atoms with Crippen LogP contribution in [0.15, 0.2) is 48.6 Å². The first-order chi connectivity index (χ1) is 17.4. The number of fused-ring (bicyclic) bond motifs is 1. The summed E-state index contributed by atoms with van der Waals surface area (Å²) >= 11 is 6.69. The predicted molar refractivity (Wildman–Crippen MR) is 146 cm³/mol. The van der Waals surface area contributed by atoms with Crippen molar-refractivity contribution in [3.05, 3.63) is 70.7 Å². The standard InChI is InChI=1S/C27H32ClFN8/c1-26(2,3)15-33-23-17(11-30)13-32-25-19(23)9-18(10-20(25)28)34-24(16-7-8-22(29)31-12-16)21-14-37(36-35-21)27(4,5)6/h7-10,12-14,24,34-36H,15H2,1-6H3,(H,32,33)/t24-/m0/s1. The quantitative estimate of drug-likeness (QED) is 0.298. The Morgan fingerprint density at radius 1 is 1.14 bits per heavy atom. The maximum atomic E-state index is 13.6. The van der Waals surface area contributed by atoms with E-state index in [-0.39, 0.29) is 11.0 Å². The van der Waals surface area contributed by atoms with Crippen molar-refractivity contribution in [1.82, 2.24) is 25.9 Å². The Labute approximate surface area is 221 Å². The Kier molecular flexibility index (Phi) is 7.18. The first-order valence-electron chi connectivity index (χ1n) is 12.0. The number of aromatic nitrogens is 2. The number of nitrogens with zero attached hydrogens (tertiary/aromatic N) is 4. The molecule has 0 saturated carbocycles. The maximum Gasteiger partial charge on any atom is 0.212 e. The molecule has 10 heteroatoms.